The molecule has 0 saturated heterocycles. The summed E-state index contributed by atoms with van der Waals surface area (Å²) in [5, 5.41) is 3.61. The van der Waals surface area contributed by atoms with E-state index in [9.17, 15) is 4.79 Å². The van der Waals surface area contributed by atoms with Crippen LogP contribution in [0.5, 0.6) is 0 Å². The van der Waals surface area contributed by atoms with Crippen molar-refractivity contribution in [1.29, 1.82) is 0 Å². The highest BCUT2D eigenvalue weighted by Crippen LogP contribution is 2.16. The number of nitrogens with one attached hydrogen (secondary N) is 1. The molecule has 22 heavy (non-hydrogen) atoms. The maximum Gasteiger partial charge on any atom is 0.244 e. The minimum atomic E-state index is -0.0968. The Bertz CT molecular complexity index is 637. The van der Waals surface area contributed by atoms with E-state index in [4.69, 9.17) is 11.6 Å². The third-order valence-electron chi connectivity index (χ3n) is 3.42. The Morgan fingerprint density at radius 2 is 1.82 bits per heavy atom. The Hall–Kier alpha value is -2.06. The van der Waals surface area contributed by atoms with Gasteiger partial charge in [-0.1, -0.05) is 60.1 Å². The highest BCUT2D eigenvalue weighted by Gasteiger charge is 2.05. The fourth-order valence-corrected chi connectivity index (χ4v) is 2.37. The molecular formula is C19H20ClNO. The zero-order chi connectivity index (χ0) is 15.8. The number of carbonyl (C=O) groups excluding carboxylic acids is 1. The maximum atomic E-state index is 11.9. The summed E-state index contributed by atoms with van der Waals surface area (Å²) in [6, 6.07) is 17.9. The van der Waals surface area contributed by atoms with Gasteiger partial charge in [-0.2, -0.15) is 0 Å². The molecule has 0 heterocycles. The summed E-state index contributed by atoms with van der Waals surface area (Å²) >= 11 is 6.05. The monoisotopic (exact) mass is 313 g/mol. The molecule has 2 rings (SSSR count). The Morgan fingerprint density at radius 3 is 2.55 bits per heavy atom. The van der Waals surface area contributed by atoms with Gasteiger partial charge in [0.05, 0.1) is 0 Å². The number of benzene rings is 2. The van der Waals surface area contributed by atoms with Crippen LogP contribution in [0.4, 0.5) is 0 Å². The molecule has 2 nitrogen and oxygen atoms in total. The third kappa shape index (κ3) is 5.38. The van der Waals surface area contributed by atoms with Crippen LogP contribution in [-0.4, -0.2) is 11.9 Å². The van der Waals surface area contributed by atoms with E-state index in [1.807, 2.05) is 49.4 Å². The van der Waals surface area contributed by atoms with Crippen LogP contribution in [0.3, 0.4) is 0 Å². The molecule has 114 valence electrons. The van der Waals surface area contributed by atoms with Crippen LogP contribution in [0.2, 0.25) is 5.02 Å². The van der Waals surface area contributed by atoms with E-state index in [0.717, 1.165) is 18.4 Å². The predicted molar refractivity (Wildman–Crippen MR) is 92.9 cm³/mol. The van der Waals surface area contributed by atoms with Crippen LogP contribution >= 0.6 is 11.6 Å². The van der Waals surface area contributed by atoms with Crippen LogP contribution < -0.4 is 5.32 Å². The third-order valence-corrected chi connectivity index (χ3v) is 3.76. The first-order chi connectivity index (χ1) is 10.6. The average Bonchev–Trinajstić information content (AvgIpc) is 2.53. The van der Waals surface area contributed by atoms with Crippen LogP contribution in [0.15, 0.2) is 60.7 Å². The van der Waals surface area contributed by atoms with Gasteiger partial charge in [0.15, 0.2) is 0 Å². The lowest BCUT2D eigenvalue weighted by Crippen LogP contribution is -2.31. The number of hydrogen-bond acceptors (Lipinski definition) is 1. The molecule has 0 bridgehead atoms. The first kappa shape index (κ1) is 16.3. The molecule has 0 aliphatic carbocycles. The molecule has 0 aliphatic heterocycles. The molecule has 0 aliphatic rings. The van der Waals surface area contributed by atoms with Gasteiger partial charge in [-0.3, -0.25) is 4.79 Å². The van der Waals surface area contributed by atoms with Crippen molar-refractivity contribution in [3.8, 4) is 0 Å². The molecule has 0 saturated carbocycles. The Morgan fingerprint density at radius 1 is 1.14 bits per heavy atom. The van der Waals surface area contributed by atoms with Gasteiger partial charge in [-0.25, -0.2) is 0 Å². The zero-order valence-corrected chi connectivity index (χ0v) is 13.4. The molecule has 0 aromatic heterocycles. The van der Waals surface area contributed by atoms with Crippen molar-refractivity contribution in [2.24, 2.45) is 0 Å². The first-order valence-electron chi connectivity index (χ1n) is 7.42. The van der Waals surface area contributed by atoms with Gasteiger partial charge in [-0.15, -0.1) is 0 Å². The number of halogens is 1. The summed E-state index contributed by atoms with van der Waals surface area (Å²) in [6.45, 7) is 2.02. The van der Waals surface area contributed by atoms with Crippen molar-refractivity contribution in [3.63, 3.8) is 0 Å². The standard InChI is InChI=1S/C19H20ClNO/c1-15(11-12-16-7-3-2-4-8-16)21-19(22)14-13-17-9-5-6-10-18(17)20/h2-10,13-15H,11-12H2,1H3,(H,21,22)/b14-13+/t15-/m1/s1. The number of aryl methyl sites for hydroxylation is 1. The number of rotatable bonds is 6. The summed E-state index contributed by atoms with van der Waals surface area (Å²) in [7, 11) is 0. The number of amides is 1. The minimum Gasteiger partial charge on any atom is -0.350 e. The van der Waals surface area contributed by atoms with Crippen molar-refractivity contribution in [3.05, 3.63) is 76.8 Å². The van der Waals surface area contributed by atoms with Crippen LogP contribution in [-0.2, 0) is 11.2 Å². The van der Waals surface area contributed by atoms with Gasteiger partial charge in [0.1, 0.15) is 0 Å². The maximum absolute atomic E-state index is 11.9. The van der Waals surface area contributed by atoms with Gasteiger partial charge in [0.25, 0.3) is 0 Å². The van der Waals surface area contributed by atoms with Gasteiger partial charge in [-0.05, 0) is 43.0 Å². The molecule has 2 aromatic rings. The summed E-state index contributed by atoms with van der Waals surface area (Å²) in [6.07, 6.45) is 5.13. The van der Waals surface area contributed by atoms with Crippen LogP contribution in [0.1, 0.15) is 24.5 Å². The van der Waals surface area contributed by atoms with Crippen LogP contribution in [0, 0.1) is 0 Å². The first-order valence-corrected chi connectivity index (χ1v) is 7.80. The van der Waals surface area contributed by atoms with Crippen molar-refractivity contribution in [2.75, 3.05) is 0 Å². The van der Waals surface area contributed by atoms with Gasteiger partial charge in [0.2, 0.25) is 5.91 Å². The molecule has 1 atom stereocenters. The van der Waals surface area contributed by atoms with E-state index in [1.165, 1.54) is 11.6 Å². The fraction of sp³-hybridized carbons (Fsp3) is 0.211. The fourth-order valence-electron chi connectivity index (χ4n) is 2.17. The molecule has 0 spiro atoms. The second kappa shape index (κ2) is 8.40. The molecule has 0 unspecified atom stereocenters. The smallest absolute Gasteiger partial charge is 0.244 e. The van der Waals surface area contributed by atoms with E-state index >= 15 is 0 Å². The Kier molecular flexibility index (Phi) is 6.23. The van der Waals surface area contributed by atoms with E-state index in [-0.39, 0.29) is 11.9 Å². The molecule has 3 heteroatoms. The molecule has 1 amide bonds. The molecule has 1 N–H and O–H groups in total. The number of hydrogen-bond donors (Lipinski definition) is 1. The normalized spacial score (nSPS) is 12.3. The summed E-state index contributed by atoms with van der Waals surface area (Å²) in [5.74, 6) is -0.0968. The Balaban J connectivity index is 1.80. The highest BCUT2D eigenvalue weighted by molar-refractivity contribution is 6.32. The van der Waals surface area contributed by atoms with E-state index in [2.05, 4.69) is 17.4 Å². The van der Waals surface area contributed by atoms with Crippen molar-refractivity contribution in [2.45, 2.75) is 25.8 Å². The second-order valence-corrected chi connectivity index (χ2v) is 5.70. The Labute approximate surface area is 136 Å². The van der Waals surface area contributed by atoms with Gasteiger partial charge < -0.3 is 5.32 Å². The van der Waals surface area contributed by atoms with Crippen molar-refractivity contribution >= 4 is 23.6 Å². The van der Waals surface area contributed by atoms with Gasteiger partial charge >= 0.3 is 0 Å². The zero-order valence-electron chi connectivity index (χ0n) is 12.6. The lowest BCUT2D eigenvalue weighted by atomic mass is 10.1. The summed E-state index contributed by atoms with van der Waals surface area (Å²) in [4.78, 5) is 11.9. The predicted octanol–water partition coefficient (Wildman–Crippen LogP) is 4.49. The molecule has 0 fully saturated rings. The second-order valence-electron chi connectivity index (χ2n) is 5.29. The largest absolute Gasteiger partial charge is 0.350 e. The molecular weight excluding hydrogens is 294 g/mol. The van der Waals surface area contributed by atoms with Crippen molar-refractivity contribution in [1.82, 2.24) is 5.32 Å². The lowest BCUT2D eigenvalue weighted by molar-refractivity contribution is -0.117. The average molecular weight is 314 g/mol. The van der Waals surface area contributed by atoms with E-state index in [0.29, 0.717) is 5.02 Å². The number of carbonyl (C=O) groups is 1. The quantitative estimate of drug-likeness (QED) is 0.782. The summed E-state index contributed by atoms with van der Waals surface area (Å²) in [5.41, 5.74) is 2.13. The molecule has 2 aromatic carbocycles. The summed E-state index contributed by atoms with van der Waals surface area (Å²) < 4.78 is 0. The van der Waals surface area contributed by atoms with Crippen LogP contribution in [0.25, 0.3) is 6.08 Å². The molecule has 0 radical (unpaired) electrons. The van der Waals surface area contributed by atoms with Crippen molar-refractivity contribution < 1.29 is 4.79 Å². The van der Waals surface area contributed by atoms with E-state index in [1.54, 1.807) is 6.08 Å². The van der Waals surface area contributed by atoms with Gasteiger partial charge in [0, 0.05) is 17.1 Å². The minimum absolute atomic E-state index is 0.0968. The SMILES string of the molecule is C[C@H](CCc1ccccc1)NC(=O)/C=C/c1ccccc1Cl. The topological polar surface area (TPSA) is 29.1 Å². The highest BCUT2D eigenvalue weighted by atomic mass is 35.5. The van der Waals surface area contributed by atoms with E-state index < -0.39 is 0 Å². The lowest BCUT2D eigenvalue weighted by Gasteiger charge is -2.12.